The number of aryl methyl sites for hydroxylation is 1. The normalized spacial score (nSPS) is 12.8. The predicted molar refractivity (Wildman–Crippen MR) is 118 cm³/mol. The Morgan fingerprint density at radius 1 is 1.19 bits per heavy atom. The Hall–Kier alpha value is -3.24. The first-order chi connectivity index (χ1) is 14.8. The van der Waals surface area contributed by atoms with Crippen molar-refractivity contribution in [3.8, 4) is 0 Å². The first kappa shape index (κ1) is 22.4. The van der Waals surface area contributed by atoms with E-state index in [2.05, 4.69) is 32.7 Å². The average Bonchev–Trinajstić information content (AvgIpc) is 3.16. The molecule has 2 heterocycles. The SMILES string of the molecule is C[C@H](O)CNC(=O)c1ccnc(C(=O)Nc2cccc([C@H](C)Sc3nncn3C)c2)c1. The highest BCUT2D eigenvalue weighted by molar-refractivity contribution is 7.99. The number of hydrogen-bond acceptors (Lipinski definition) is 7. The molecule has 0 aliphatic rings. The predicted octanol–water partition coefficient (Wildman–Crippen LogP) is 2.43. The summed E-state index contributed by atoms with van der Waals surface area (Å²) in [7, 11) is 1.89. The molecule has 0 fully saturated rings. The molecule has 3 rings (SSSR count). The summed E-state index contributed by atoms with van der Waals surface area (Å²) >= 11 is 1.57. The van der Waals surface area contributed by atoms with E-state index in [9.17, 15) is 14.7 Å². The van der Waals surface area contributed by atoms with Gasteiger partial charge in [-0.25, -0.2) is 0 Å². The third kappa shape index (κ3) is 6.12. The Morgan fingerprint density at radius 3 is 2.71 bits per heavy atom. The van der Waals surface area contributed by atoms with Gasteiger partial charge in [0.15, 0.2) is 5.16 Å². The summed E-state index contributed by atoms with van der Waals surface area (Å²) in [6.45, 7) is 3.75. The van der Waals surface area contributed by atoms with Crippen molar-refractivity contribution in [2.24, 2.45) is 7.05 Å². The molecule has 0 bridgehead atoms. The summed E-state index contributed by atoms with van der Waals surface area (Å²) in [6.07, 6.45) is 2.40. The third-order valence-electron chi connectivity index (χ3n) is 4.38. The molecule has 0 unspecified atom stereocenters. The number of anilines is 1. The van der Waals surface area contributed by atoms with Crippen LogP contribution in [0.2, 0.25) is 0 Å². The van der Waals surface area contributed by atoms with E-state index < -0.39 is 12.0 Å². The number of carbonyl (C=O) groups is 2. The number of carbonyl (C=O) groups excluding carboxylic acids is 2. The van der Waals surface area contributed by atoms with Crippen LogP contribution in [0.25, 0.3) is 0 Å². The van der Waals surface area contributed by atoms with Crippen LogP contribution < -0.4 is 10.6 Å². The minimum absolute atomic E-state index is 0.0961. The smallest absolute Gasteiger partial charge is 0.274 e. The lowest BCUT2D eigenvalue weighted by atomic mass is 10.1. The number of nitrogens with zero attached hydrogens (tertiary/aromatic N) is 4. The Balaban J connectivity index is 1.68. The van der Waals surface area contributed by atoms with Gasteiger partial charge in [-0.15, -0.1) is 10.2 Å². The molecule has 2 amide bonds. The van der Waals surface area contributed by atoms with Crippen LogP contribution in [0.3, 0.4) is 0 Å². The molecule has 0 radical (unpaired) electrons. The van der Waals surface area contributed by atoms with Crippen LogP contribution in [-0.2, 0) is 7.05 Å². The maximum atomic E-state index is 12.7. The number of amides is 2. The zero-order valence-corrected chi connectivity index (χ0v) is 18.3. The second-order valence-corrected chi connectivity index (χ2v) is 8.36. The van der Waals surface area contributed by atoms with E-state index in [1.165, 1.54) is 18.3 Å². The van der Waals surface area contributed by atoms with E-state index in [0.29, 0.717) is 11.3 Å². The Kier molecular flexibility index (Phi) is 7.37. The molecular formula is C21H24N6O3S. The van der Waals surface area contributed by atoms with Gasteiger partial charge in [-0.05, 0) is 43.7 Å². The summed E-state index contributed by atoms with van der Waals surface area (Å²) in [5.41, 5.74) is 2.06. The van der Waals surface area contributed by atoms with Crippen LogP contribution in [0.1, 0.15) is 45.5 Å². The lowest BCUT2D eigenvalue weighted by Gasteiger charge is -2.13. The summed E-state index contributed by atoms with van der Waals surface area (Å²) in [5.74, 6) is -0.801. The molecule has 1 aromatic carbocycles. The molecule has 31 heavy (non-hydrogen) atoms. The van der Waals surface area contributed by atoms with Crippen molar-refractivity contribution >= 4 is 29.3 Å². The fraction of sp³-hybridized carbons (Fsp3) is 0.286. The van der Waals surface area contributed by atoms with Gasteiger partial charge in [0.1, 0.15) is 12.0 Å². The van der Waals surface area contributed by atoms with Gasteiger partial charge in [-0.2, -0.15) is 0 Å². The van der Waals surface area contributed by atoms with Gasteiger partial charge in [-0.1, -0.05) is 23.9 Å². The summed E-state index contributed by atoms with van der Waals surface area (Å²) in [6, 6.07) is 10.5. The molecule has 0 saturated carbocycles. The Labute approximate surface area is 184 Å². The van der Waals surface area contributed by atoms with Crippen molar-refractivity contribution in [2.75, 3.05) is 11.9 Å². The van der Waals surface area contributed by atoms with Crippen LogP contribution in [0.5, 0.6) is 0 Å². The minimum Gasteiger partial charge on any atom is -0.392 e. The minimum atomic E-state index is -0.657. The van der Waals surface area contributed by atoms with Crippen LogP contribution in [0, 0.1) is 0 Å². The molecule has 162 valence electrons. The fourth-order valence-electron chi connectivity index (χ4n) is 2.71. The number of pyridine rings is 1. The largest absolute Gasteiger partial charge is 0.392 e. The van der Waals surface area contributed by atoms with Crippen molar-refractivity contribution in [3.63, 3.8) is 0 Å². The molecule has 0 spiro atoms. The third-order valence-corrected chi connectivity index (χ3v) is 5.58. The molecule has 10 heteroatoms. The standard InChI is InChI=1S/C21H24N6O3S/c1-13(28)11-23-19(29)16-7-8-22-18(10-16)20(30)25-17-6-4-5-15(9-17)14(2)31-21-26-24-12-27(21)3/h4-10,12-14,28H,11H2,1-3H3,(H,23,29)(H,25,30)/t13-,14-/m0/s1. The van der Waals surface area contributed by atoms with Crippen molar-refractivity contribution in [1.82, 2.24) is 25.1 Å². The lowest BCUT2D eigenvalue weighted by Crippen LogP contribution is -2.30. The van der Waals surface area contributed by atoms with Crippen molar-refractivity contribution < 1.29 is 14.7 Å². The van der Waals surface area contributed by atoms with Crippen LogP contribution in [0.15, 0.2) is 54.1 Å². The second kappa shape index (κ2) is 10.2. The molecule has 2 atom stereocenters. The lowest BCUT2D eigenvalue weighted by molar-refractivity contribution is 0.0924. The number of hydrogen-bond donors (Lipinski definition) is 3. The van der Waals surface area contributed by atoms with Gasteiger partial charge < -0.3 is 20.3 Å². The van der Waals surface area contributed by atoms with Crippen LogP contribution in [-0.4, -0.2) is 49.3 Å². The molecule has 3 N–H and O–H groups in total. The van der Waals surface area contributed by atoms with E-state index in [0.717, 1.165) is 10.7 Å². The van der Waals surface area contributed by atoms with Gasteiger partial charge in [0.2, 0.25) is 0 Å². The first-order valence-corrected chi connectivity index (χ1v) is 10.6. The molecule has 2 aromatic heterocycles. The number of aliphatic hydroxyl groups is 1. The van der Waals surface area contributed by atoms with E-state index in [1.54, 1.807) is 31.1 Å². The van der Waals surface area contributed by atoms with E-state index in [4.69, 9.17) is 0 Å². The number of aromatic nitrogens is 4. The van der Waals surface area contributed by atoms with Gasteiger partial charge in [0.25, 0.3) is 11.8 Å². The number of nitrogens with one attached hydrogen (secondary N) is 2. The number of benzene rings is 1. The van der Waals surface area contributed by atoms with E-state index >= 15 is 0 Å². The number of aliphatic hydroxyl groups excluding tert-OH is 1. The highest BCUT2D eigenvalue weighted by Gasteiger charge is 2.15. The summed E-state index contributed by atoms with van der Waals surface area (Å²) in [5, 5.41) is 23.6. The Bertz CT molecular complexity index is 1070. The number of thioether (sulfide) groups is 1. The first-order valence-electron chi connectivity index (χ1n) is 9.67. The van der Waals surface area contributed by atoms with Gasteiger partial charge >= 0.3 is 0 Å². The molecule has 0 aliphatic heterocycles. The van der Waals surface area contributed by atoms with Crippen LogP contribution in [0.4, 0.5) is 5.69 Å². The second-order valence-electron chi connectivity index (χ2n) is 7.05. The van der Waals surface area contributed by atoms with Gasteiger partial charge in [-0.3, -0.25) is 14.6 Å². The quantitative estimate of drug-likeness (QED) is 0.460. The molecule has 0 aliphatic carbocycles. The maximum Gasteiger partial charge on any atom is 0.274 e. The van der Waals surface area contributed by atoms with Gasteiger partial charge in [0.05, 0.1) is 6.10 Å². The number of rotatable bonds is 8. The summed E-state index contributed by atoms with van der Waals surface area (Å²) in [4.78, 5) is 28.9. The fourth-order valence-corrected chi connectivity index (χ4v) is 3.61. The van der Waals surface area contributed by atoms with Gasteiger partial charge in [0, 0.05) is 36.3 Å². The maximum absolute atomic E-state index is 12.7. The average molecular weight is 441 g/mol. The summed E-state index contributed by atoms with van der Waals surface area (Å²) < 4.78 is 1.85. The van der Waals surface area contributed by atoms with E-state index in [1.807, 2.05) is 29.8 Å². The molecule has 9 nitrogen and oxygen atoms in total. The zero-order chi connectivity index (χ0) is 22.4. The molecular weight excluding hydrogens is 416 g/mol. The van der Waals surface area contributed by atoms with E-state index in [-0.39, 0.29) is 23.4 Å². The highest BCUT2D eigenvalue weighted by atomic mass is 32.2. The van der Waals surface area contributed by atoms with Crippen molar-refractivity contribution in [2.45, 2.75) is 30.4 Å². The molecule has 3 aromatic rings. The van der Waals surface area contributed by atoms with Crippen molar-refractivity contribution in [1.29, 1.82) is 0 Å². The molecule has 0 saturated heterocycles. The highest BCUT2D eigenvalue weighted by Crippen LogP contribution is 2.34. The Morgan fingerprint density at radius 2 is 2.00 bits per heavy atom. The monoisotopic (exact) mass is 440 g/mol. The van der Waals surface area contributed by atoms with Crippen LogP contribution >= 0.6 is 11.8 Å². The topological polar surface area (TPSA) is 122 Å². The zero-order valence-electron chi connectivity index (χ0n) is 17.4. The van der Waals surface area contributed by atoms with Crippen molar-refractivity contribution in [3.05, 3.63) is 65.7 Å².